The highest BCUT2D eigenvalue weighted by molar-refractivity contribution is 7.99. The van der Waals surface area contributed by atoms with E-state index in [0.29, 0.717) is 23.8 Å². The number of hydrogen-bond acceptors (Lipinski definition) is 7. The number of phosphoric acid groups is 1. The van der Waals surface area contributed by atoms with Gasteiger partial charge >= 0.3 is 13.9 Å². The Morgan fingerprint density at radius 2 is 1.76 bits per heavy atom. The van der Waals surface area contributed by atoms with Gasteiger partial charge in [-0.25, -0.2) is 9.36 Å². The number of benzene rings is 2. The van der Waals surface area contributed by atoms with E-state index in [2.05, 4.69) is 15.2 Å². The van der Waals surface area contributed by atoms with Crippen LogP contribution in [0.4, 0.5) is 10.5 Å². The van der Waals surface area contributed by atoms with Crippen molar-refractivity contribution >= 4 is 43.2 Å². The second-order valence-corrected chi connectivity index (χ2v) is 14.8. The number of carbonyl (C=O) groups is 3. The molecule has 2 aromatic rings. The third kappa shape index (κ3) is 11.1. The van der Waals surface area contributed by atoms with Gasteiger partial charge in [0.2, 0.25) is 11.8 Å². The van der Waals surface area contributed by atoms with Crippen molar-refractivity contribution in [3.63, 3.8) is 0 Å². The average Bonchev–Trinajstić information content (AvgIpc) is 3.09. The van der Waals surface area contributed by atoms with Gasteiger partial charge < -0.3 is 24.8 Å². The maximum Gasteiger partial charge on any atom is 0.524 e. The van der Waals surface area contributed by atoms with E-state index in [4.69, 9.17) is 14.5 Å². The SMILES string of the molecule is CC(C)(C)OC(=O)N[C@@H](Cc1ccc(OP(=O)(O)O)cc1)C(=O)NC1CSc2ccccc2N(CCCC2CCCCC2)C1=O. The number of thioether (sulfide) groups is 1. The molecule has 11 nitrogen and oxygen atoms in total. The van der Waals surface area contributed by atoms with Crippen LogP contribution in [-0.2, 0) is 25.3 Å². The topological polar surface area (TPSA) is 154 Å². The summed E-state index contributed by atoms with van der Waals surface area (Å²) in [6, 6.07) is 11.7. The van der Waals surface area contributed by atoms with Gasteiger partial charge in [0.25, 0.3) is 0 Å². The minimum absolute atomic E-state index is 0.0284. The summed E-state index contributed by atoms with van der Waals surface area (Å²) in [7, 11) is -4.73. The molecule has 1 aliphatic heterocycles. The second kappa shape index (κ2) is 15.5. The fraction of sp³-hybridized carbons (Fsp3) is 0.531. The number of ether oxygens (including phenoxy) is 1. The first-order valence-corrected chi connectivity index (χ1v) is 18.0. The molecule has 0 radical (unpaired) electrons. The number of phosphoric ester groups is 1. The lowest BCUT2D eigenvalue weighted by Gasteiger charge is -2.28. The van der Waals surface area contributed by atoms with Crippen molar-refractivity contribution in [2.24, 2.45) is 5.92 Å². The number of nitrogens with zero attached hydrogens (tertiary/aromatic N) is 1. The minimum atomic E-state index is -4.73. The Labute approximate surface area is 269 Å². The first-order valence-electron chi connectivity index (χ1n) is 15.4. The molecule has 0 bridgehead atoms. The van der Waals surface area contributed by atoms with Crippen LogP contribution in [0.25, 0.3) is 0 Å². The van der Waals surface area contributed by atoms with Crippen LogP contribution in [0.15, 0.2) is 53.4 Å². The number of anilines is 1. The number of amides is 3. The van der Waals surface area contributed by atoms with Crippen LogP contribution >= 0.6 is 19.6 Å². The van der Waals surface area contributed by atoms with E-state index in [-0.39, 0.29) is 18.1 Å². The number of nitrogens with one attached hydrogen (secondary N) is 2. The summed E-state index contributed by atoms with van der Waals surface area (Å²) >= 11 is 1.51. The fourth-order valence-corrected chi connectivity index (χ4v) is 7.16. The highest BCUT2D eigenvalue weighted by atomic mass is 32.2. The highest BCUT2D eigenvalue weighted by Crippen LogP contribution is 2.38. The van der Waals surface area contributed by atoms with Crippen molar-refractivity contribution < 1.29 is 38.0 Å². The Morgan fingerprint density at radius 1 is 1.07 bits per heavy atom. The number of hydrogen-bond donors (Lipinski definition) is 4. The molecule has 1 fully saturated rings. The lowest BCUT2D eigenvalue weighted by Crippen LogP contribution is -2.56. The molecule has 1 unspecified atom stereocenters. The molecule has 4 N–H and O–H groups in total. The largest absolute Gasteiger partial charge is 0.524 e. The first-order chi connectivity index (χ1) is 21.3. The Bertz CT molecular complexity index is 1370. The zero-order valence-electron chi connectivity index (χ0n) is 26.1. The molecule has 45 heavy (non-hydrogen) atoms. The van der Waals surface area contributed by atoms with Gasteiger partial charge in [-0.15, -0.1) is 11.8 Å². The third-order valence-electron chi connectivity index (χ3n) is 7.76. The summed E-state index contributed by atoms with van der Waals surface area (Å²) in [6.07, 6.45) is 7.50. The molecular formula is C32H44N3O8PS. The van der Waals surface area contributed by atoms with Gasteiger partial charge in [0.1, 0.15) is 23.4 Å². The average molecular weight is 662 g/mol. The Morgan fingerprint density at radius 3 is 2.42 bits per heavy atom. The van der Waals surface area contributed by atoms with Gasteiger partial charge in [-0.1, -0.05) is 56.4 Å². The molecule has 2 aromatic carbocycles. The number of rotatable bonds is 11. The molecule has 0 spiro atoms. The van der Waals surface area contributed by atoms with Crippen LogP contribution in [0.5, 0.6) is 5.75 Å². The molecule has 1 aliphatic carbocycles. The molecule has 3 amide bonds. The maximum atomic E-state index is 14.0. The molecule has 13 heteroatoms. The van der Waals surface area contributed by atoms with Crippen LogP contribution in [-0.4, -0.2) is 57.7 Å². The van der Waals surface area contributed by atoms with Gasteiger partial charge in [-0.3, -0.25) is 19.4 Å². The van der Waals surface area contributed by atoms with Gasteiger partial charge in [-0.05, 0) is 69.4 Å². The Kier molecular flexibility index (Phi) is 12.0. The van der Waals surface area contributed by atoms with Crippen molar-refractivity contribution in [1.82, 2.24) is 10.6 Å². The number of alkyl carbamates (subject to hydrolysis) is 1. The Balaban J connectivity index is 1.49. The molecule has 4 rings (SSSR count). The fourth-order valence-electron chi connectivity index (χ4n) is 5.69. The van der Waals surface area contributed by atoms with Crippen LogP contribution in [0.2, 0.25) is 0 Å². The predicted octanol–water partition coefficient (Wildman–Crippen LogP) is 5.58. The van der Waals surface area contributed by atoms with Gasteiger partial charge in [-0.2, -0.15) is 0 Å². The minimum Gasteiger partial charge on any atom is -0.444 e. The lowest BCUT2D eigenvalue weighted by atomic mass is 9.86. The third-order valence-corrected chi connectivity index (χ3v) is 9.36. The van der Waals surface area contributed by atoms with E-state index in [1.54, 1.807) is 37.8 Å². The Hall–Kier alpha value is -3.05. The van der Waals surface area contributed by atoms with E-state index in [1.807, 2.05) is 24.3 Å². The number of fused-ring (bicyclic) bond motifs is 1. The summed E-state index contributed by atoms with van der Waals surface area (Å²) in [5.41, 5.74) is 0.626. The van der Waals surface area contributed by atoms with E-state index in [1.165, 1.54) is 56.0 Å². The maximum absolute atomic E-state index is 14.0. The monoisotopic (exact) mass is 661 g/mol. The molecule has 0 saturated heterocycles. The highest BCUT2D eigenvalue weighted by Gasteiger charge is 2.34. The van der Waals surface area contributed by atoms with Crippen LogP contribution < -0.4 is 20.1 Å². The summed E-state index contributed by atoms with van der Waals surface area (Å²) in [6.45, 7) is 5.69. The second-order valence-electron chi connectivity index (χ2n) is 12.6. The molecule has 1 saturated carbocycles. The summed E-state index contributed by atoms with van der Waals surface area (Å²) < 4.78 is 21.2. The zero-order chi connectivity index (χ0) is 32.6. The molecule has 1 heterocycles. The van der Waals surface area contributed by atoms with Crippen molar-refractivity contribution in [2.45, 2.75) is 94.7 Å². The van der Waals surface area contributed by atoms with Crippen molar-refractivity contribution in [2.75, 3.05) is 17.2 Å². The predicted molar refractivity (Wildman–Crippen MR) is 173 cm³/mol. The lowest BCUT2D eigenvalue weighted by molar-refractivity contribution is -0.128. The van der Waals surface area contributed by atoms with E-state index in [9.17, 15) is 18.9 Å². The zero-order valence-corrected chi connectivity index (χ0v) is 27.8. The van der Waals surface area contributed by atoms with E-state index in [0.717, 1.165) is 23.4 Å². The van der Waals surface area contributed by atoms with Crippen molar-refractivity contribution in [1.29, 1.82) is 0 Å². The molecule has 2 aliphatic rings. The summed E-state index contributed by atoms with van der Waals surface area (Å²) in [5, 5.41) is 5.53. The van der Waals surface area contributed by atoms with E-state index < -0.39 is 37.5 Å². The first kappa shape index (κ1) is 34.8. The summed E-state index contributed by atoms with van der Waals surface area (Å²) in [4.78, 5) is 61.4. The van der Waals surface area contributed by atoms with E-state index >= 15 is 0 Å². The standard InChI is InChI=1S/C32H44N3O8PS/c1-32(2,3)42-31(38)34-25(20-23-15-17-24(18-16-23)43-44(39,40)41)29(36)33-26-21-45-28-14-8-7-13-27(28)35(30(26)37)19-9-12-22-10-5-4-6-11-22/h7-8,13-18,22,25-26H,4-6,9-12,19-21H2,1-3H3,(H,33,36)(H,34,38)(H2,39,40,41)/t25-,26?/m0/s1. The summed E-state index contributed by atoms with van der Waals surface area (Å²) in [5.74, 6) is 0.229. The van der Waals surface area contributed by atoms with Gasteiger partial charge in [0.05, 0.1) is 5.69 Å². The molecule has 0 aromatic heterocycles. The van der Waals surface area contributed by atoms with Crippen molar-refractivity contribution in [3.8, 4) is 5.75 Å². The number of carbonyl (C=O) groups excluding carboxylic acids is 3. The van der Waals surface area contributed by atoms with Crippen molar-refractivity contribution in [3.05, 3.63) is 54.1 Å². The van der Waals surface area contributed by atoms with Gasteiger partial charge in [0.15, 0.2) is 0 Å². The van der Waals surface area contributed by atoms with Gasteiger partial charge in [0, 0.05) is 23.6 Å². The molecule has 246 valence electrons. The number of para-hydroxylation sites is 1. The van der Waals surface area contributed by atoms with Crippen LogP contribution in [0, 0.1) is 5.92 Å². The van der Waals surface area contributed by atoms with Crippen LogP contribution in [0.1, 0.15) is 71.3 Å². The quantitative estimate of drug-likeness (QED) is 0.226. The van der Waals surface area contributed by atoms with Crippen LogP contribution in [0.3, 0.4) is 0 Å². The normalized spacial score (nSPS) is 18.4. The smallest absolute Gasteiger partial charge is 0.444 e. The molecular weight excluding hydrogens is 617 g/mol. The molecule has 2 atom stereocenters.